The van der Waals surface area contributed by atoms with Gasteiger partial charge in [0.25, 0.3) is 0 Å². The molecule has 6 nitrogen and oxygen atoms in total. The zero-order valence-corrected chi connectivity index (χ0v) is 12.3. The summed E-state index contributed by atoms with van der Waals surface area (Å²) in [5, 5.41) is 9.95. The standard InChI is InChI=1S/C14H22N4O2/c1-9-11(10(2)18(3)17-9)8-13(19)16-12-6-4-5-7-15-14(12)20/h12H,4-8H2,1-3H3,(H,15,20)(H,16,19)/t12-/m1/s1. The van der Waals surface area contributed by atoms with Crippen molar-refractivity contribution < 1.29 is 9.59 Å². The van der Waals surface area contributed by atoms with Crippen molar-refractivity contribution in [2.24, 2.45) is 7.05 Å². The lowest BCUT2D eigenvalue weighted by molar-refractivity contribution is -0.128. The third kappa shape index (κ3) is 3.18. The van der Waals surface area contributed by atoms with Gasteiger partial charge in [0, 0.05) is 24.8 Å². The van der Waals surface area contributed by atoms with Crippen LogP contribution in [0.15, 0.2) is 0 Å². The predicted octanol–water partition coefficient (Wildman–Crippen LogP) is 0.364. The Bertz CT molecular complexity index is 521. The van der Waals surface area contributed by atoms with Crippen LogP contribution in [0.3, 0.4) is 0 Å². The van der Waals surface area contributed by atoms with Gasteiger partial charge in [-0.1, -0.05) is 0 Å². The molecule has 2 N–H and O–H groups in total. The van der Waals surface area contributed by atoms with E-state index in [-0.39, 0.29) is 18.2 Å². The number of amides is 2. The summed E-state index contributed by atoms with van der Waals surface area (Å²) in [5.41, 5.74) is 2.80. The molecular formula is C14H22N4O2. The average Bonchev–Trinajstić information content (AvgIpc) is 2.57. The van der Waals surface area contributed by atoms with Crippen LogP contribution in [0, 0.1) is 13.8 Å². The largest absolute Gasteiger partial charge is 0.354 e. The highest BCUT2D eigenvalue weighted by Crippen LogP contribution is 2.13. The van der Waals surface area contributed by atoms with Crippen molar-refractivity contribution in [3.05, 3.63) is 17.0 Å². The summed E-state index contributed by atoms with van der Waals surface area (Å²) in [6.45, 7) is 4.54. The molecule has 0 spiro atoms. The minimum Gasteiger partial charge on any atom is -0.354 e. The maximum Gasteiger partial charge on any atom is 0.242 e. The van der Waals surface area contributed by atoms with E-state index in [1.807, 2.05) is 20.9 Å². The van der Waals surface area contributed by atoms with Crippen LogP contribution in [0.1, 0.15) is 36.2 Å². The van der Waals surface area contributed by atoms with Crippen molar-refractivity contribution in [2.45, 2.75) is 45.6 Å². The zero-order valence-electron chi connectivity index (χ0n) is 12.3. The minimum atomic E-state index is -0.401. The summed E-state index contributed by atoms with van der Waals surface area (Å²) in [6, 6.07) is -0.401. The van der Waals surface area contributed by atoms with Crippen molar-refractivity contribution in [3.63, 3.8) is 0 Å². The van der Waals surface area contributed by atoms with Crippen LogP contribution in [0.5, 0.6) is 0 Å². The molecule has 1 fully saturated rings. The predicted molar refractivity (Wildman–Crippen MR) is 75.2 cm³/mol. The van der Waals surface area contributed by atoms with Gasteiger partial charge < -0.3 is 10.6 Å². The molecule has 0 aromatic carbocycles. The molecule has 20 heavy (non-hydrogen) atoms. The van der Waals surface area contributed by atoms with Crippen LogP contribution >= 0.6 is 0 Å². The normalized spacial score (nSPS) is 19.4. The van der Waals surface area contributed by atoms with E-state index in [2.05, 4.69) is 15.7 Å². The van der Waals surface area contributed by atoms with Crippen molar-refractivity contribution in [3.8, 4) is 0 Å². The van der Waals surface area contributed by atoms with E-state index < -0.39 is 6.04 Å². The molecule has 0 bridgehead atoms. The van der Waals surface area contributed by atoms with Crippen LogP contribution in [-0.2, 0) is 23.1 Å². The van der Waals surface area contributed by atoms with E-state index in [0.29, 0.717) is 13.0 Å². The Balaban J connectivity index is 1.99. The molecule has 1 aliphatic rings. The zero-order chi connectivity index (χ0) is 14.7. The van der Waals surface area contributed by atoms with Crippen LogP contribution in [0.25, 0.3) is 0 Å². The van der Waals surface area contributed by atoms with Crippen LogP contribution in [-0.4, -0.2) is 34.2 Å². The lowest BCUT2D eigenvalue weighted by atomic mass is 10.1. The third-order valence-corrected chi connectivity index (χ3v) is 3.87. The number of rotatable bonds is 3. The molecular weight excluding hydrogens is 256 g/mol. The molecule has 0 radical (unpaired) electrons. The summed E-state index contributed by atoms with van der Waals surface area (Å²) >= 11 is 0. The van der Waals surface area contributed by atoms with Gasteiger partial charge in [0.15, 0.2) is 0 Å². The fraction of sp³-hybridized carbons (Fsp3) is 0.643. The highest BCUT2D eigenvalue weighted by Gasteiger charge is 2.23. The van der Waals surface area contributed by atoms with E-state index in [9.17, 15) is 9.59 Å². The second-order valence-electron chi connectivity index (χ2n) is 5.36. The number of nitrogens with one attached hydrogen (secondary N) is 2. The van der Waals surface area contributed by atoms with Gasteiger partial charge in [-0.15, -0.1) is 0 Å². The quantitative estimate of drug-likeness (QED) is 0.838. The maximum absolute atomic E-state index is 12.1. The molecule has 1 aromatic rings. The summed E-state index contributed by atoms with van der Waals surface area (Å²) < 4.78 is 1.77. The third-order valence-electron chi connectivity index (χ3n) is 3.87. The topological polar surface area (TPSA) is 76.0 Å². The first-order valence-electron chi connectivity index (χ1n) is 7.05. The Morgan fingerprint density at radius 3 is 2.85 bits per heavy atom. The second kappa shape index (κ2) is 6.07. The summed E-state index contributed by atoms with van der Waals surface area (Å²) in [5.74, 6) is -0.193. The van der Waals surface area contributed by atoms with Crippen molar-refractivity contribution in [1.82, 2.24) is 20.4 Å². The van der Waals surface area contributed by atoms with Crippen LogP contribution < -0.4 is 10.6 Å². The summed E-state index contributed by atoms with van der Waals surface area (Å²) in [4.78, 5) is 23.9. The highest BCUT2D eigenvalue weighted by atomic mass is 16.2. The Kier molecular flexibility index (Phi) is 4.42. The van der Waals surface area contributed by atoms with Gasteiger partial charge in [-0.3, -0.25) is 14.3 Å². The molecule has 110 valence electrons. The molecule has 6 heteroatoms. The molecule has 2 heterocycles. The summed E-state index contributed by atoms with van der Waals surface area (Å²) in [7, 11) is 1.86. The van der Waals surface area contributed by atoms with E-state index in [1.165, 1.54) is 0 Å². The molecule has 1 saturated heterocycles. The minimum absolute atomic E-state index is 0.0736. The number of nitrogens with zero attached hydrogens (tertiary/aromatic N) is 2. The van der Waals surface area contributed by atoms with Crippen molar-refractivity contribution in [2.75, 3.05) is 6.54 Å². The fourth-order valence-electron chi connectivity index (χ4n) is 2.56. The van der Waals surface area contributed by atoms with Gasteiger partial charge in [-0.25, -0.2) is 0 Å². The number of hydrogen-bond acceptors (Lipinski definition) is 3. The molecule has 2 rings (SSSR count). The Morgan fingerprint density at radius 2 is 2.20 bits per heavy atom. The van der Waals surface area contributed by atoms with Gasteiger partial charge in [-0.05, 0) is 33.1 Å². The van der Waals surface area contributed by atoms with E-state index in [4.69, 9.17) is 0 Å². The van der Waals surface area contributed by atoms with Crippen molar-refractivity contribution in [1.29, 1.82) is 0 Å². The van der Waals surface area contributed by atoms with E-state index in [1.54, 1.807) is 4.68 Å². The number of carbonyl (C=O) groups is 2. The van der Waals surface area contributed by atoms with Gasteiger partial charge >= 0.3 is 0 Å². The number of hydrogen-bond donors (Lipinski definition) is 2. The van der Waals surface area contributed by atoms with E-state index in [0.717, 1.165) is 29.8 Å². The Morgan fingerprint density at radius 1 is 1.45 bits per heavy atom. The van der Waals surface area contributed by atoms with Crippen LogP contribution in [0.4, 0.5) is 0 Å². The molecule has 0 aliphatic carbocycles. The molecule has 0 unspecified atom stereocenters. The van der Waals surface area contributed by atoms with Crippen LogP contribution in [0.2, 0.25) is 0 Å². The monoisotopic (exact) mass is 278 g/mol. The Hall–Kier alpha value is -1.85. The summed E-state index contributed by atoms with van der Waals surface area (Å²) in [6.07, 6.45) is 2.91. The van der Waals surface area contributed by atoms with Crippen molar-refractivity contribution >= 4 is 11.8 Å². The smallest absolute Gasteiger partial charge is 0.242 e. The molecule has 1 aromatic heterocycles. The van der Waals surface area contributed by atoms with Gasteiger partial charge in [0.2, 0.25) is 11.8 Å². The van der Waals surface area contributed by atoms with Gasteiger partial charge in [-0.2, -0.15) is 5.10 Å². The molecule has 1 aliphatic heterocycles. The lowest BCUT2D eigenvalue weighted by Gasteiger charge is -2.15. The molecule has 1 atom stereocenters. The molecule has 2 amide bonds. The molecule has 0 saturated carbocycles. The lowest BCUT2D eigenvalue weighted by Crippen LogP contribution is -2.46. The van der Waals surface area contributed by atoms with Gasteiger partial charge in [0.1, 0.15) is 6.04 Å². The second-order valence-corrected chi connectivity index (χ2v) is 5.36. The average molecular weight is 278 g/mol. The maximum atomic E-state index is 12.1. The number of aryl methyl sites for hydroxylation is 2. The van der Waals surface area contributed by atoms with Gasteiger partial charge in [0.05, 0.1) is 12.1 Å². The SMILES string of the molecule is Cc1nn(C)c(C)c1CC(=O)N[C@@H]1CCCCNC1=O. The first-order valence-corrected chi connectivity index (χ1v) is 7.05. The van der Waals surface area contributed by atoms with E-state index >= 15 is 0 Å². The Labute approximate surface area is 118 Å². The fourth-order valence-corrected chi connectivity index (χ4v) is 2.56. The first kappa shape index (κ1) is 14.6. The highest BCUT2D eigenvalue weighted by molar-refractivity contribution is 5.88. The number of carbonyl (C=O) groups excluding carboxylic acids is 2. The number of aromatic nitrogens is 2. The first-order chi connectivity index (χ1) is 9.49.